The van der Waals surface area contributed by atoms with E-state index in [2.05, 4.69) is 53.3 Å². The average molecular weight is 338 g/mol. The van der Waals surface area contributed by atoms with Gasteiger partial charge in [0.1, 0.15) is 0 Å². The predicted molar refractivity (Wildman–Crippen MR) is 87.9 cm³/mol. The number of hydrogen-bond donors (Lipinski definition) is 1. The predicted octanol–water partition coefficient (Wildman–Crippen LogP) is 5.11. The summed E-state index contributed by atoms with van der Waals surface area (Å²) in [6, 6.07) is 7.35. The summed E-state index contributed by atoms with van der Waals surface area (Å²) in [5.74, 6) is 0.705. The van der Waals surface area contributed by atoms with E-state index < -0.39 is 0 Å². The molecule has 1 saturated carbocycles. The molecular weight excluding hydrogens is 318 g/mol. The zero-order chi connectivity index (χ0) is 13.4. The molecule has 1 aromatic carbocycles. The van der Waals surface area contributed by atoms with E-state index in [1.165, 1.54) is 38.7 Å². The lowest BCUT2D eigenvalue weighted by Gasteiger charge is -2.08. The highest BCUT2D eigenvalue weighted by Crippen LogP contribution is 2.37. The van der Waals surface area contributed by atoms with Crippen molar-refractivity contribution in [2.45, 2.75) is 45.7 Å². The van der Waals surface area contributed by atoms with Gasteiger partial charge in [-0.25, -0.2) is 0 Å². The lowest BCUT2D eigenvalue weighted by Crippen LogP contribution is -2.15. The number of halogens is 1. The molecule has 3 heteroatoms. The Morgan fingerprint density at radius 3 is 2.84 bits per heavy atom. The molecule has 1 fully saturated rings. The number of rotatable bonds is 5. The van der Waals surface area contributed by atoms with Crippen LogP contribution in [0.5, 0.6) is 0 Å². The maximum absolute atomic E-state index is 3.69. The molecule has 0 spiro atoms. The van der Waals surface area contributed by atoms with Crippen molar-refractivity contribution in [1.29, 1.82) is 0 Å². The van der Waals surface area contributed by atoms with Gasteiger partial charge in [-0.05, 0) is 58.1 Å². The van der Waals surface area contributed by atoms with Gasteiger partial charge in [0.25, 0.3) is 0 Å². The van der Waals surface area contributed by atoms with Crippen molar-refractivity contribution in [2.75, 3.05) is 0 Å². The van der Waals surface area contributed by atoms with Crippen molar-refractivity contribution in [3.63, 3.8) is 0 Å². The third-order valence-electron chi connectivity index (χ3n) is 3.59. The maximum atomic E-state index is 3.69. The van der Waals surface area contributed by atoms with Gasteiger partial charge >= 0.3 is 0 Å². The van der Waals surface area contributed by atoms with Gasteiger partial charge in [-0.2, -0.15) is 0 Å². The Hall–Kier alpha value is -0.380. The van der Waals surface area contributed by atoms with Crippen molar-refractivity contribution in [3.8, 4) is 0 Å². The molecule has 0 bridgehead atoms. The Balaban J connectivity index is 1.99. The summed E-state index contributed by atoms with van der Waals surface area (Å²) in [4.78, 5) is 1.53. The fourth-order valence-electron chi connectivity index (χ4n) is 2.48. The first-order valence-electron chi connectivity index (χ1n) is 7.07. The largest absolute Gasteiger partial charge is 0.309 e. The van der Waals surface area contributed by atoms with Crippen LogP contribution >= 0.6 is 27.3 Å². The normalized spacial score (nSPS) is 15.6. The molecule has 1 nitrogen and oxygen atoms in total. The van der Waals surface area contributed by atoms with E-state index in [4.69, 9.17) is 0 Å². The summed E-state index contributed by atoms with van der Waals surface area (Å²) in [5, 5.41) is 5.11. The lowest BCUT2D eigenvalue weighted by atomic mass is 10.00. The Labute approximate surface area is 127 Å². The van der Waals surface area contributed by atoms with Gasteiger partial charge in [-0.15, -0.1) is 11.3 Å². The maximum Gasteiger partial charge on any atom is 0.0491 e. The first kappa shape index (κ1) is 13.6. The smallest absolute Gasteiger partial charge is 0.0491 e. The van der Waals surface area contributed by atoms with Gasteiger partial charge in [0, 0.05) is 26.6 Å². The van der Waals surface area contributed by atoms with Crippen molar-refractivity contribution < 1.29 is 0 Å². The van der Waals surface area contributed by atoms with Gasteiger partial charge in [0.15, 0.2) is 0 Å². The first-order valence-corrected chi connectivity index (χ1v) is 8.68. The zero-order valence-corrected chi connectivity index (χ0v) is 13.9. The molecule has 0 radical (unpaired) electrons. The van der Waals surface area contributed by atoms with E-state index in [1.54, 1.807) is 5.56 Å². The van der Waals surface area contributed by atoms with Crippen molar-refractivity contribution in [3.05, 3.63) is 33.1 Å². The van der Waals surface area contributed by atoms with Crippen molar-refractivity contribution in [2.24, 2.45) is 5.92 Å². The molecule has 3 rings (SSSR count). The molecule has 19 heavy (non-hydrogen) atoms. The molecule has 1 aliphatic rings. The summed E-state index contributed by atoms with van der Waals surface area (Å²) < 4.78 is 2.64. The Morgan fingerprint density at radius 2 is 2.16 bits per heavy atom. The minimum absolute atomic E-state index is 0.705. The minimum Gasteiger partial charge on any atom is -0.309 e. The average Bonchev–Trinajstić information content (AvgIpc) is 3.12. The standard InChI is InChI=1S/C16H20BrNS/c1-10(2)8-13-12-4-3-5-14(17)16(12)19-15(13)9-18-11-6-7-11/h3-5,10-11,18H,6-9H2,1-2H3. The number of thiophene rings is 1. The number of fused-ring (bicyclic) bond motifs is 1. The SMILES string of the molecule is CC(C)Cc1c(CNC2CC2)sc2c(Br)cccc12. The minimum atomic E-state index is 0.705. The fourth-order valence-corrected chi connectivity index (χ4v) is 4.28. The molecule has 0 saturated heterocycles. The van der Waals surface area contributed by atoms with E-state index in [1.807, 2.05) is 11.3 Å². The van der Waals surface area contributed by atoms with Gasteiger partial charge < -0.3 is 5.32 Å². The number of hydrogen-bond acceptors (Lipinski definition) is 2. The summed E-state index contributed by atoms with van der Waals surface area (Å²) in [6.07, 6.45) is 3.89. The van der Waals surface area contributed by atoms with Gasteiger partial charge in [-0.3, -0.25) is 0 Å². The molecule has 102 valence electrons. The van der Waals surface area contributed by atoms with E-state index >= 15 is 0 Å². The third-order valence-corrected chi connectivity index (χ3v) is 5.80. The Bertz CT molecular complexity index is 584. The van der Waals surface area contributed by atoms with E-state index in [0.29, 0.717) is 5.92 Å². The summed E-state index contributed by atoms with van der Waals surface area (Å²) in [5.41, 5.74) is 1.56. The molecule has 0 aliphatic heterocycles. The summed E-state index contributed by atoms with van der Waals surface area (Å²) in [7, 11) is 0. The van der Waals surface area contributed by atoms with Gasteiger partial charge in [-0.1, -0.05) is 26.0 Å². The van der Waals surface area contributed by atoms with E-state index in [0.717, 1.165) is 12.6 Å². The van der Waals surface area contributed by atoms with Gasteiger partial charge in [0.2, 0.25) is 0 Å². The first-order chi connectivity index (χ1) is 9.15. The Kier molecular flexibility index (Phi) is 3.97. The highest BCUT2D eigenvalue weighted by Gasteiger charge is 2.22. The molecule has 1 N–H and O–H groups in total. The second-order valence-corrected chi connectivity index (χ2v) is 7.83. The van der Waals surface area contributed by atoms with E-state index in [9.17, 15) is 0 Å². The van der Waals surface area contributed by atoms with Crippen LogP contribution in [0.3, 0.4) is 0 Å². The highest BCUT2D eigenvalue weighted by molar-refractivity contribution is 9.10. The van der Waals surface area contributed by atoms with Gasteiger partial charge in [0.05, 0.1) is 0 Å². The van der Waals surface area contributed by atoms with Crippen LogP contribution in [-0.4, -0.2) is 6.04 Å². The molecule has 1 aliphatic carbocycles. The van der Waals surface area contributed by atoms with Crippen LogP contribution in [0, 0.1) is 5.92 Å². The van der Waals surface area contributed by atoms with Crippen LogP contribution in [0.2, 0.25) is 0 Å². The molecule has 2 aromatic rings. The van der Waals surface area contributed by atoms with Crippen LogP contribution < -0.4 is 5.32 Å². The summed E-state index contributed by atoms with van der Waals surface area (Å²) in [6.45, 7) is 5.65. The molecule has 1 aromatic heterocycles. The lowest BCUT2D eigenvalue weighted by molar-refractivity contribution is 0.637. The quantitative estimate of drug-likeness (QED) is 0.798. The number of benzene rings is 1. The van der Waals surface area contributed by atoms with E-state index in [-0.39, 0.29) is 0 Å². The molecule has 0 unspecified atom stereocenters. The van der Waals surface area contributed by atoms with Crippen molar-refractivity contribution >= 4 is 37.4 Å². The monoisotopic (exact) mass is 337 g/mol. The van der Waals surface area contributed by atoms with Crippen LogP contribution in [0.4, 0.5) is 0 Å². The van der Waals surface area contributed by atoms with Crippen LogP contribution in [-0.2, 0) is 13.0 Å². The molecule has 1 heterocycles. The molecular formula is C16H20BrNS. The van der Waals surface area contributed by atoms with Crippen LogP contribution in [0.15, 0.2) is 22.7 Å². The van der Waals surface area contributed by atoms with Crippen LogP contribution in [0.1, 0.15) is 37.1 Å². The third kappa shape index (κ3) is 3.04. The molecule has 0 atom stereocenters. The zero-order valence-electron chi connectivity index (χ0n) is 11.5. The number of nitrogens with one attached hydrogen (secondary N) is 1. The summed E-state index contributed by atoms with van der Waals surface area (Å²) >= 11 is 5.65. The molecule has 0 amide bonds. The Morgan fingerprint density at radius 1 is 1.37 bits per heavy atom. The second-order valence-electron chi connectivity index (χ2n) is 5.87. The topological polar surface area (TPSA) is 12.0 Å². The van der Waals surface area contributed by atoms with Crippen LogP contribution in [0.25, 0.3) is 10.1 Å². The second kappa shape index (κ2) is 5.55. The highest BCUT2D eigenvalue weighted by atomic mass is 79.9. The fraction of sp³-hybridized carbons (Fsp3) is 0.500. The van der Waals surface area contributed by atoms with Crippen molar-refractivity contribution in [1.82, 2.24) is 5.32 Å².